The van der Waals surface area contributed by atoms with Crippen molar-refractivity contribution in [1.29, 1.82) is 0 Å². The first-order valence-corrected chi connectivity index (χ1v) is 7.49. The summed E-state index contributed by atoms with van der Waals surface area (Å²) < 4.78 is 17.6. The van der Waals surface area contributed by atoms with Crippen LogP contribution in [-0.4, -0.2) is 18.4 Å². The molecule has 4 rings (SSSR count). The van der Waals surface area contributed by atoms with Crippen molar-refractivity contribution in [3.63, 3.8) is 0 Å². The van der Waals surface area contributed by atoms with Crippen LogP contribution in [0.4, 0.5) is 0 Å². The molecule has 5 heteroatoms. The molecule has 1 fully saturated rings. The Labute approximate surface area is 129 Å². The van der Waals surface area contributed by atoms with E-state index in [9.17, 15) is 0 Å². The topological polar surface area (TPSA) is 44.5 Å². The van der Waals surface area contributed by atoms with Crippen LogP contribution in [0.15, 0.2) is 51.5 Å². The zero-order chi connectivity index (χ0) is 14.2. The smallest absolute Gasteiger partial charge is 0.184 e. The van der Waals surface area contributed by atoms with E-state index in [1.165, 1.54) is 0 Å². The Morgan fingerprint density at radius 3 is 2.52 bits per heavy atom. The van der Waals surface area contributed by atoms with Crippen LogP contribution < -0.4 is 0 Å². The maximum Gasteiger partial charge on any atom is 0.184 e. The number of nitrogens with zero attached hydrogens (tertiary/aromatic N) is 1. The summed E-state index contributed by atoms with van der Waals surface area (Å²) >= 11 is 3.44. The molecule has 1 aliphatic heterocycles. The van der Waals surface area contributed by atoms with E-state index in [4.69, 9.17) is 14.0 Å². The summed E-state index contributed by atoms with van der Waals surface area (Å²) in [4.78, 5) is 0. The highest BCUT2D eigenvalue weighted by Crippen LogP contribution is 2.33. The van der Waals surface area contributed by atoms with Crippen LogP contribution in [0.1, 0.15) is 11.9 Å². The maximum absolute atomic E-state index is 5.55. The fourth-order valence-corrected chi connectivity index (χ4v) is 2.73. The second-order valence-corrected chi connectivity index (χ2v) is 5.78. The Kier molecular flexibility index (Phi) is 3.25. The molecule has 2 heterocycles. The monoisotopic (exact) mass is 345 g/mol. The second kappa shape index (κ2) is 5.26. The molecule has 0 bridgehead atoms. The molecule has 0 radical (unpaired) electrons. The molecule has 1 aliphatic rings. The summed E-state index contributed by atoms with van der Waals surface area (Å²) in [5, 5.41) is 5.08. The van der Waals surface area contributed by atoms with Gasteiger partial charge >= 0.3 is 0 Å². The molecule has 4 nitrogen and oxygen atoms in total. The molecule has 0 amide bonds. The normalized spacial score (nSPS) is 15.9. The van der Waals surface area contributed by atoms with E-state index in [1.54, 1.807) is 0 Å². The third kappa shape index (κ3) is 2.37. The van der Waals surface area contributed by atoms with E-state index in [1.807, 2.05) is 42.5 Å². The summed E-state index contributed by atoms with van der Waals surface area (Å²) in [6.07, 6.45) is -0.290. The number of halogens is 1. The first-order valence-electron chi connectivity index (χ1n) is 6.70. The van der Waals surface area contributed by atoms with Crippen molar-refractivity contribution in [3.05, 3.63) is 52.5 Å². The van der Waals surface area contributed by atoms with Crippen LogP contribution in [0.5, 0.6) is 0 Å². The second-order valence-electron chi connectivity index (χ2n) is 4.87. The molecule has 0 aliphatic carbocycles. The van der Waals surface area contributed by atoms with Crippen LogP contribution in [-0.2, 0) is 9.47 Å². The lowest BCUT2D eigenvalue weighted by Gasteiger charge is -2.08. The van der Waals surface area contributed by atoms with Crippen LogP contribution in [0.2, 0.25) is 0 Å². The van der Waals surface area contributed by atoms with Gasteiger partial charge in [0.15, 0.2) is 12.1 Å². The first-order chi connectivity index (χ1) is 10.3. The van der Waals surface area contributed by atoms with Crippen molar-refractivity contribution >= 4 is 26.8 Å². The van der Waals surface area contributed by atoms with Gasteiger partial charge < -0.3 is 14.0 Å². The summed E-state index contributed by atoms with van der Waals surface area (Å²) in [6.45, 7) is 1.26. The van der Waals surface area contributed by atoms with Crippen molar-refractivity contribution in [2.45, 2.75) is 6.29 Å². The quantitative estimate of drug-likeness (QED) is 0.694. The van der Waals surface area contributed by atoms with Gasteiger partial charge in [-0.2, -0.15) is 0 Å². The molecule has 0 spiro atoms. The van der Waals surface area contributed by atoms with E-state index in [0.717, 1.165) is 32.3 Å². The average molecular weight is 346 g/mol. The maximum atomic E-state index is 5.55. The van der Waals surface area contributed by atoms with E-state index in [-0.39, 0.29) is 6.29 Å². The highest BCUT2D eigenvalue weighted by Gasteiger charge is 2.20. The van der Waals surface area contributed by atoms with Crippen molar-refractivity contribution < 1.29 is 14.0 Å². The Morgan fingerprint density at radius 2 is 1.76 bits per heavy atom. The summed E-state index contributed by atoms with van der Waals surface area (Å²) in [6, 6.07) is 13.9. The Hall–Kier alpha value is -1.69. The number of hydrogen-bond acceptors (Lipinski definition) is 4. The van der Waals surface area contributed by atoms with Gasteiger partial charge in [-0.3, -0.25) is 0 Å². The molecular formula is C16H12BrNO3. The number of fused-ring (bicyclic) bond motifs is 1. The highest BCUT2D eigenvalue weighted by molar-refractivity contribution is 9.10. The first kappa shape index (κ1) is 13.0. The lowest BCUT2D eigenvalue weighted by atomic mass is 10.1. The average Bonchev–Trinajstić information content (AvgIpc) is 3.17. The minimum Gasteiger partial charge on any atom is -0.355 e. The van der Waals surface area contributed by atoms with Gasteiger partial charge in [0.05, 0.1) is 18.6 Å². The van der Waals surface area contributed by atoms with Crippen LogP contribution in [0, 0.1) is 0 Å². The number of benzene rings is 2. The highest BCUT2D eigenvalue weighted by atomic mass is 79.9. The summed E-state index contributed by atoms with van der Waals surface area (Å²) in [5.41, 5.74) is 2.81. The molecule has 0 N–H and O–H groups in total. The molecule has 106 valence electrons. The third-order valence-electron chi connectivity index (χ3n) is 3.50. The Bertz CT molecular complexity index is 776. The number of rotatable bonds is 2. The predicted octanol–water partition coefficient (Wildman–Crippen LogP) is 4.30. The Balaban J connectivity index is 1.81. The van der Waals surface area contributed by atoms with Gasteiger partial charge in [0.25, 0.3) is 0 Å². The van der Waals surface area contributed by atoms with Crippen molar-refractivity contribution in [2.75, 3.05) is 13.2 Å². The van der Waals surface area contributed by atoms with Crippen LogP contribution >= 0.6 is 15.9 Å². The zero-order valence-corrected chi connectivity index (χ0v) is 12.7. The van der Waals surface area contributed by atoms with Crippen LogP contribution in [0.3, 0.4) is 0 Å². The van der Waals surface area contributed by atoms with E-state index in [0.29, 0.717) is 13.2 Å². The van der Waals surface area contributed by atoms with Crippen LogP contribution in [0.25, 0.3) is 22.2 Å². The van der Waals surface area contributed by atoms with Gasteiger partial charge in [-0.05, 0) is 36.4 Å². The molecule has 0 unspecified atom stereocenters. The van der Waals surface area contributed by atoms with E-state index in [2.05, 4.69) is 21.1 Å². The lowest BCUT2D eigenvalue weighted by Crippen LogP contribution is -1.97. The number of aromatic nitrogens is 1. The molecule has 0 saturated carbocycles. The number of ether oxygens (including phenoxy) is 2. The summed E-state index contributed by atoms with van der Waals surface area (Å²) in [7, 11) is 0. The van der Waals surface area contributed by atoms with Gasteiger partial charge in [0.2, 0.25) is 0 Å². The zero-order valence-electron chi connectivity index (χ0n) is 11.1. The van der Waals surface area contributed by atoms with E-state index >= 15 is 0 Å². The van der Waals surface area contributed by atoms with Crippen molar-refractivity contribution in [1.82, 2.24) is 5.16 Å². The molecule has 2 aromatic carbocycles. The van der Waals surface area contributed by atoms with Gasteiger partial charge in [-0.1, -0.05) is 27.2 Å². The van der Waals surface area contributed by atoms with Gasteiger partial charge in [-0.25, -0.2) is 0 Å². The minimum absolute atomic E-state index is 0.290. The molecule has 1 aromatic heterocycles. The molecule has 3 aromatic rings. The molecule has 21 heavy (non-hydrogen) atoms. The SMILES string of the molecule is Brc1ccc(-c2onc3ccc(C4OCCO4)cc23)cc1. The fraction of sp³-hybridized carbons (Fsp3) is 0.188. The number of hydrogen-bond donors (Lipinski definition) is 0. The fourth-order valence-electron chi connectivity index (χ4n) is 2.47. The molecule has 0 atom stereocenters. The van der Waals surface area contributed by atoms with Gasteiger partial charge in [0, 0.05) is 15.6 Å². The van der Waals surface area contributed by atoms with Crippen molar-refractivity contribution in [3.8, 4) is 11.3 Å². The predicted molar refractivity (Wildman–Crippen MR) is 81.8 cm³/mol. The molecular weight excluding hydrogens is 334 g/mol. The van der Waals surface area contributed by atoms with Gasteiger partial charge in [0.1, 0.15) is 5.52 Å². The van der Waals surface area contributed by atoms with E-state index < -0.39 is 0 Å². The third-order valence-corrected chi connectivity index (χ3v) is 4.03. The van der Waals surface area contributed by atoms with Gasteiger partial charge in [-0.15, -0.1) is 0 Å². The largest absolute Gasteiger partial charge is 0.355 e. The van der Waals surface area contributed by atoms with Crippen molar-refractivity contribution in [2.24, 2.45) is 0 Å². The Morgan fingerprint density at radius 1 is 1.00 bits per heavy atom. The summed E-state index contributed by atoms with van der Waals surface area (Å²) in [5.74, 6) is 0.761. The standard InChI is InChI=1S/C16H12BrNO3/c17-12-4-1-10(2-5-12)15-13-9-11(16-19-7-8-20-16)3-6-14(13)18-21-15/h1-6,9,16H,7-8H2. The molecule has 1 saturated heterocycles. The lowest BCUT2D eigenvalue weighted by molar-refractivity contribution is -0.0440. The minimum atomic E-state index is -0.290.